The van der Waals surface area contributed by atoms with Gasteiger partial charge in [0, 0.05) is 37.8 Å². The van der Waals surface area contributed by atoms with Crippen molar-refractivity contribution in [1.29, 1.82) is 0 Å². The second-order valence-electron chi connectivity index (χ2n) is 5.74. The minimum absolute atomic E-state index is 0.0750. The highest BCUT2D eigenvalue weighted by atomic mass is 16.6. The molecule has 2 heterocycles. The van der Waals surface area contributed by atoms with Crippen LogP contribution in [0.4, 0.5) is 0 Å². The van der Waals surface area contributed by atoms with Gasteiger partial charge in [-0.1, -0.05) is 6.08 Å². The molecule has 0 radical (unpaired) electrons. The molecule has 2 fully saturated rings. The summed E-state index contributed by atoms with van der Waals surface area (Å²) in [6, 6.07) is 0.475. The van der Waals surface area contributed by atoms with Crippen molar-refractivity contribution in [3.8, 4) is 0 Å². The summed E-state index contributed by atoms with van der Waals surface area (Å²) in [4.78, 5) is 25.2. The Bertz CT molecular complexity index is 432. The first kappa shape index (κ1) is 15.0. The smallest absolute Gasteiger partial charge is 0.333 e. The number of hydrogen-bond acceptors (Lipinski definition) is 5. The first-order valence-corrected chi connectivity index (χ1v) is 7.15. The summed E-state index contributed by atoms with van der Waals surface area (Å²) in [5.41, 5.74) is 0.632. The van der Waals surface area contributed by atoms with Gasteiger partial charge in [-0.25, -0.2) is 4.79 Å². The molecule has 2 bridgehead atoms. The third-order valence-electron chi connectivity index (χ3n) is 4.42. The number of likely N-dealkylation sites (N-methyl/N-ethyl adjacent to an activating group) is 1. The molecule has 0 saturated carbocycles. The Morgan fingerprint density at radius 1 is 1.15 bits per heavy atom. The Morgan fingerprint density at radius 3 is 2.45 bits per heavy atom. The lowest BCUT2D eigenvalue weighted by atomic mass is 10.00. The fourth-order valence-corrected chi connectivity index (χ4v) is 3.17. The van der Waals surface area contributed by atoms with Crippen molar-refractivity contribution in [1.82, 2.24) is 4.90 Å². The second kappa shape index (κ2) is 5.95. The van der Waals surface area contributed by atoms with E-state index in [1.54, 1.807) is 13.0 Å². The number of esters is 2. The predicted octanol–water partition coefficient (Wildman–Crippen LogP) is 1.66. The highest BCUT2D eigenvalue weighted by Crippen LogP contribution is 2.37. The maximum Gasteiger partial charge on any atom is 0.333 e. The van der Waals surface area contributed by atoms with Crippen molar-refractivity contribution in [2.24, 2.45) is 0 Å². The number of fused-ring (bicyclic) bond motifs is 2. The minimum Gasteiger partial charge on any atom is -0.461 e. The zero-order valence-corrected chi connectivity index (χ0v) is 12.6. The van der Waals surface area contributed by atoms with Gasteiger partial charge in [-0.2, -0.15) is 0 Å². The molecule has 0 N–H and O–H groups in total. The van der Waals surface area contributed by atoms with Gasteiger partial charge in [0.25, 0.3) is 0 Å². The quantitative estimate of drug-likeness (QED) is 0.582. The van der Waals surface area contributed by atoms with Crippen LogP contribution in [-0.4, -0.2) is 48.2 Å². The number of ether oxygens (including phenoxy) is 2. The molecule has 0 spiro atoms. The zero-order valence-electron chi connectivity index (χ0n) is 12.6. The average Bonchev–Trinajstić information content (AvgIpc) is 2.58. The maximum atomic E-state index is 11.8. The molecular weight excluding hydrogens is 258 g/mol. The molecule has 0 unspecified atom stereocenters. The number of allylic oxidation sites excluding steroid dienone is 1. The van der Waals surface area contributed by atoms with Crippen molar-refractivity contribution >= 4 is 11.9 Å². The normalized spacial score (nSPS) is 33.9. The van der Waals surface area contributed by atoms with Crippen molar-refractivity contribution < 1.29 is 19.1 Å². The molecule has 0 aliphatic carbocycles. The molecular formula is C15H23NO4. The Kier molecular flexibility index (Phi) is 4.48. The van der Waals surface area contributed by atoms with Crippen LogP contribution in [0.1, 0.15) is 40.0 Å². The Labute approximate surface area is 119 Å². The van der Waals surface area contributed by atoms with Gasteiger partial charge in [0.2, 0.25) is 0 Å². The first-order chi connectivity index (χ1) is 9.42. The van der Waals surface area contributed by atoms with Gasteiger partial charge in [0.1, 0.15) is 12.2 Å². The van der Waals surface area contributed by atoms with Crippen LogP contribution in [0.3, 0.4) is 0 Å². The molecule has 0 aromatic rings. The maximum absolute atomic E-state index is 11.8. The van der Waals surface area contributed by atoms with Crippen molar-refractivity contribution in [3.05, 3.63) is 11.6 Å². The van der Waals surface area contributed by atoms with Gasteiger partial charge < -0.3 is 9.47 Å². The summed E-state index contributed by atoms with van der Waals surface area (Å²) in [6.07, 6.45) is 3.98. The predicted molar refractivity (Wildman–Crippen MR) is 74.1 cm³/mol. The van der Waals surface area contributed by atoms with Crippen LogP contribution in [-0.2, 0) is 19.1 Å². The molecule has 0 amide bonds. The lowest BCUT2D eigenvalue weighted by molar-refractivity contribution is -0.152. The SMILES string of the molecule is C/C=C(\C)C(=O)O[C@@H]1C[C@H]2C[C@@H](OC(C)=O)[C@H](C1)N2C. The van der Waals surface area contributed by atoms with Crippen LogP contribution in [0.15, 0.2) is 11.6 Å². The molecule has 2 rings (SSSR count). The molecule has 5 nitrogen and oxygen atoms in total. The third kappa shape index (κ3) is 3.03. The number of carbonyl (C=O) groups excluding carboxylic acids is 2. The summed E-state index contributed by atoms with van der Waals surface area (Å²) in [5, 5.41) is 0. The van der Waals surface area contributed by atoms with Crippen LogP contribution in [0.25, 0.3) is 0 Å². The van der Waals surface area contributed by atoms with Gasteiger partial charge in [0.15, 0.2) is 0 Å². The van der Waals surface area contributed by atoms with Gasteiger partial charge in [-0.15, -0.1) is 0 Å². The second-order valence-corrected chi connectivity index (χ2v) is 5.74. The zero-order chi connectivity index (χ0) is 14.9. The van der Waals surface area contributed by atoms with Crippen LogP contribution in [0.2, 0.25) is 0 Å². The summed E-state index contributed by atoms with van der Waals surface area (Å²) >= 11 is 0. The number of rotatable bonds is 3. The molecule has 0 aromatic carbocycles. The van der Waals surface area contributed by atoms with Gasteiger partial charge in [-0.05, 0) is 20.9 Å². The number of piperidine rings is 1. The van der Waals surface area contributed by atoms with E-state index in [-0.39, 0.29) is 30.2 Å². The topological polar surface area (TPSA) is 55.8 Å². The Hall–Kier alpha value is -1.36. The van der Waals surface area contributed by atoms with E-state index in [0.29, 0.717) is 11.6 Å². The van der Waals surface area contributed by atoms with E-state index in [4.69, 9.17) is 9.47 Å². The van der Waals surface area contributed by atoms with Gasteiger partial charge in [0.05, 0.1) is 6.04 Å². The van der Waals surface area contributed by atoms with Gasteiger partial charge in [-0.3, -0.25) is 9.69 Å². The van der Waals surface area contributed by atoms with E-state index in [0.717, 1.165) is 19.3 Å². The Morgan fingerprint density at radius 2 is 1.85 bits per heavy atom. The monoisotopic (exact) mass is 281 g/mol. The number of carbonyl (C=O) groups is 2. The fraction of sp³-hybridized carbons (Fsp3) is 0.733. The van der Waals surface area contributed by atoms with E-state index in [2.05, 4.69) is 4.90 Å². The highest BCUT2D eigenvalue weighted by molar-refractivity contribution is 5.87. The average molecular weight is 281 g/mol. The molecule has 2 aliphatic rings. The highest BCUT2D eigenvalue weighted by Gasteiger charge is 2.47. The molecule has 20 heavy (non-hydrogen) atoms. The van der Waals surface area contributed by atoms with E-state index in [9.17, 15) is 9.59 Å². The standard InChI is InChI=1S/C15H23NO4/c1-5-9(2)15(18)20-12-6-11-7-14(19-10(3)17)13(8-12)16(11)4/h5,11-14H,6-8H2,1-4H3/b9-5+/t11-,12+,13-,14+/m0/s1. The summed E-state index contributed by atoms with van der Waals surface area (Å²) in [5.74, 6) is -0.486. The van der Waals surface area contributed by atoms with Crippen molar-refractivity contribution in [2.45, 2.75) is 64.3 Å². The van der Waals surface area contributed by atoms with Crippen molar-refractivity contribution in [3.63, 3.8) is 0 Å². The summed E-state index contributed by atoms with van der Waals surface area (Å²) < 4.78 is 10.9. The lowest BCUT2D eigenvalue weighted by Crippen LogP contribution is -2.46. The van der Waals surface area contributed by atoms with E-state index in [1.807, 2.05) is 14.0 Å². The molecule has 2 saturated heterocycles. The van der Waals surface area contributed by atoms with Gasteiger partial charge >= 0.3 is 11.9 Å². The molecule has 112 valence electrons. The first-order valence-electron chi connectivity index (χ1n) is 7.15. The molecule has 0 aromatic heterocycles. The van der Waals surface area contributed by atoms with Crippen LogP contribution < -0.4 is 0 Å². The minimum atomic E-state index is -0.245. The number of nitrogens with zero attached hydrogens (tertiary/aromatic N) is 1. The van der Waals surface area contributed by atoms with E-state index in [1.165, 1.54) is 6.92 Å². The molecule has 4 atom stereocenters. The van der Waals surface area contributed by atoms with Crippen molar-refractivity contribution in [2.75, 3.05) is 7.05 Å². The van der Waals surface area contributed by atoms with E-state index < -0.39 is 0 Å². The number of hydrogen-bond donors (Lipinski definition) is 0. The lowest BCUT2D eigenvalue weighted by Gasteiger charge is -2.36. The Balaban J connectivity index is 1.99. The summed E-state index contributed by atoms with van der Waals surface area (Å²) in [6.45, 7) is 5.02. The van der Waals surface area contributed by atoms with Crippen LogP contribution in [0.5, 0.6) is 0 Å². The largest absolute Gasteiger partial charge is 0.461 e. The molecule has 2 aliphatic heterocycles. The molecule has 5 heteroatoms. The fourth-order valence-electron chi connectivity index (χ4n) is 3.17. The van der Waals surface area contributed by atoms with E-state index >= 15 is 0 Å². The third-order valence-corrected chi connectivity index (χ3v) is 4.42. The summed E-state index contributed by atoms with van der Waals surface area (Å²) in [7, 11) is 2.05. The van der Waals surface area contributed by atoms with Crippen LogP contribution >= 0.6 is 0 Å². The van der Waals surface area contributed by atoms with Crippen LogP contribution in [0, 0.1) is 0 Å².